The number of aromatic nitrogens is 2. The molecule has 0 aromatic carbocycles. The monoisotopic (exact) mass is 313 g/mol. The highest BCUT2D eigenvalue weighted by molar-refractivity contribution is 7.14. The molecule has 0 saturated heterocycles. The summed E-state index contributed by atoms with van der Waals surface area (Å²) in [6, 6.07) is 3.34. The molecule has 2 aromatic rings. The van der Waals surface area contributed by atoms with Crippen molar-refractivity contribution >= 4 is 22.4 Å². The molecule has 1 aliphatic carbocycles. The molecular formula is C16H15N3O2S. The van der Waals surface area contributed by atoms with E-state index in [9.17, 15) is 4.79 Å². The van der Waals surface area contributed by atoms with Crippen molar-refractivity contribution in [1.82, 2.24) is 9.97 Å². The number of hydrogen-bond acceptors (Lipinski definition) is 5. The number of nitrogens with zero attached hydrogens (tertiary/aromatic N) is 2. The van der Waals surface area contributed by atoms with E-state index in [4.69, 9.17) is 4.74 Å². The third-order valence-corrected chi connectivity index (χ3v) is 4.14. The van der Waals surface area contributed by atoms with Crippen molar-refractivity contribution in [3.05, 3.63) is 65.2 Å². The average Bonchev–Trinajstić information content (AvgIpc) is 3.04. The summed E-state index contributed by atoms with van der Waals surface area (Å²) in [7, 11) is 1.66. The first-order chi connectivity index (χ1) is 10.8. The van der Waals surface area contributed by atoms with Crippen LogP contribution in [0.15, 0.2) is 53.9 Å². The molecule has 1 atom stereocenters. The quantitative estimate of drug-likeness (QED) is 0.940. The third-order valence-electron chi connectivity index (χ3n) is 3.37. The zero-order chi connectivity index (χ0) is 15.4. The number of amides is 1. The SMILES string of the molecule is COC1=CCC(c2csc(NC(=O)c3ccncc3)n2)C=C1. The molecule has 0 fully saturated rings. The highest BCUT2D eigenvalue weighted by Gasteiger charge is 2.16. The molecule has 22 heavy (non-hydrogen) atoms. The summed E-state index contributed by atoms with van der Waals surface area (Å²) in [5.74, 6) is 0.920. The number of carbonyl (C=O) groups excluding carboxylic acids is 1. The Kier molecular flexibility index (Phi) is 4.29. The minimum absolute atomic E-state index is 0.177. The van der Waals surface area contributed by atoms with Crippen LogP contribution in [0.25, 0.3) is 0 Å². The lowest BCUT2D eigenvalue weighted by Gasteiger charge is -2.13. The van der Waals surface area contributed by atoms with Gasteiger partial charge in [-0.3, -0.25) is 15.1 Å². The summed E-state index contributed by atoms with van der Waals surface area (Å²) in [5.41, 5.74) is 1.52. The molecule has 112 valence electrons. The number of thiazole rings is 1. The van der Waals surface area contributed by atoms with Gasteiger partial charge in [0, 0.05) is 29.3 Å². The van der Waals surface area contributed by atoms with Crippen LogP contribution in [0, 0.1) is 0 Å². The first-order valence-electron chi connectivity index (χ1n) is 6.85. The Bertz CT molecular complexity index is 722. The zero-order valence-corrected chi connectivity index (χ0v) is 12.8. The minimum Gasteiger partial charge on any atom is -0.497 e. The van der Waals surface area contributed by atoms with Crippen LogP contribution in [0.3, 0.4) is 0 Å². The van der Waals surface area contributed by atoms with Gasteiger partial charge in [0.05, 0.1) is 12.8 Å². The zero-order valence-electron chi connectivity index (χ0n) is 12.0. The molecule has 0 bridgehead atoms. The number of nitrogens with one attached hydrogen (secondary N) is 1. The molecule has 1 amide bonds. The van der Waals surface area contributed by atoms with Gasteiger partial charge in [-0.05, 0) is 30.7 Å². The van der Waals surface area contributed by atoms with Crippen LogP contribution >= 0.6 is 11.3 Å². The number of anilines is 1. The summed E-state index contributed by atoms with van der Waals surface area (Å²) in [6.07, 6.45) is 10.1. The van der Waals surface area contributed by atoms with E-state index in [0.29, 0.717) is 10.7 Å². The van der Waals surface area contributed by atoms with E-state index in [2.05, 4.69) is 21.4 Å². The lowest BCUT2D eigenvalue weighted by Crippen LogP contribution is -2.11. The van der Waals surface area contributed by atoms with Gasteiger partial charge < -0.3 is 4.74 Å². The van der Waals surface area contributed by atoms with E-state index < -0.39 is 0 Å². The van der Waals surface area contributed by atoms with E-state index in [1.54, 1.807) is 31.6 Å². The summed E-state index contributed by atoms with van der Waals surface area (Å²) in [5, 5.41) is 5.39. The number of pyridine rings is 1. The molecule has 6 heteroatoms. The molecule has 5 nitrogen and oxygen atoms in total. The highest BCUT2D eigenvalue weighted by atomic mass is 32.1. The maximum Gasteiger partial charge on any atom is 0.257 e. The largest absolute Gasteiger partial charge is 0.497 e. The molecule has 2 aromatic heterocycles. The van der Waals surface area contributed by atoms with Crippen molar-refractivity contribution in [2.24, 2.45) is 0 Å². The van der Waals surface area contributed by atoms with Crippen molar-refractivity contribution in [2.75, 3.05) is 12.4 Å². The van der Waals surface area contributed by atoms with Crippen LogP contribution in [-0.2, 0) is 4.74 Å². The van der Waals surface area contributed by atoms with Gasteiger partial charge in [0.1, 0.15) is 5.76 Å². The predicted octanol–water partition coefficient (Wildman–Crippen LogP) is 3.36. The molecular weight excluding hydrogens is 298 g/mol. The summed E-state index contributed by atoms with van der Waals surface area (Å²) in [4.78, 5) is 20.5. The topological polar surface area (TPSA) is 64.1 Å². The van der Waals surface area contributed by atoms with Crippen molar-refractivity contribution in [3.63, 3.8) is 0 Å². The number of methoxy groups -OCH3 is 1. The van der Waals surface area contributed by atoms with Crippen LogP contribution in [-0.4, -0.2) is 23.0 Å². The van der Waals surface area contributed by atoms with Gasteiger partial charge in [0.25, 0.3) is 5.91 Å². The number of rotatable bonds is 4. The van der Waals surface area contributed by atoms with Gasteiger partial charge >= 0.3 is 0 Å². The molecule has 0 aliphatic heterocycles. The molecule has 0 saturated carbocycles. The number of allylic oxidation sites excluding steroid dienone is 3. The lowest BCUT2D eigenvalue weighted by molar-refractivity contribution is 0.102. The fraction of sp³-hybridized carbons (Fsp3) is 0.188. The van der Waals surface area contributed by atoms with Crippen molar-refractivity contribution < 1.29 is 9.53 Å². The van der Waals surface area contributed by atoms with Gasteiger partial charge in [0.15, 0.2) is 5.13 Å². The Balaban J connectivity index is 1.66. The first kappa shape index (κ1) is 14.5. The fourth-order valence-corrected chi connectivity index (χ4v) is 2.93. The Hall–Kier alpha value is -2.47. The Labute approximate surface area is 132 Å². The molecule has 1 unspecified atom stereocenters. The normalized spacial score (nSPS) is 17.0. The predicted molar refractivity (Wildman–Crippen MR) is 85.9 cm³/mol. The van der Waals surface area contributed by atoms with Crippen LogP contribution in [0.1, 0.15) is 28.4 Å². The minimum atomic E-state index is -0.177. The maximum atomic E-state index is 12.1. The average molecular weight is 313 g/mol. The summed E-state index contributed by atoms with van der Waals surface area (Å²) < 4.78 is 5.18. The third kappa shape index (κ3) is 3.23. The molecule has 1 aliphatic rings. The van der Waals surface area contributed by atoms with Crippen LogP contribution in [0.5, 0.6) is 0 Å². The van der Waals surface area contributed by atoms with Crippen molar-refractivity contribution in [3.8, 4) is 0 Å². The fourth-order valence-electron chi connectivity index (χ4n) is 2.16. The Morgan fingerprint density at radius 3 is 2.91 bits per heavy atom. The van der Waals surface area contributed by atoms with Gasteiger partial charge in [-0.2, -0.15) is 0 Å². The van der Waals surface area contributed by atoms with E-state index in [1.807, 2.05) is 17.5 Å². The summed E-state index contributed by atoms with van der Waals surface area (Å²) in [6.45, 7) is 0. The molecule has 3 rings (SSSR count). The number of hydrogen-bond donors (Lipinski definition) is 1. The lowest BCUT2D eigenvalue weighted by atomic mass is 9.97. The van der Waals surface area contributed by atoms with Crippen LogP contribution in [0.2, 0.25) is 0 Å². The van der Waals surface area contributed by atoms with Gasteiger partial charge in [-0.25, -0.2) is 4.98 Å². The van der Waals surface area contributed by atoms with E-state index in [0.717, 1.165) is 17.9 Å². The second kappa shape index (κ2) is 6.53. The second-order valence-electron chi connectivity index (χ2n) is 4.78. The summed E-state index contributed by atoms with van der Waals surface area (Å²) >= 11 is 1.43. The molecule has 0 spiro atoms. The second-order valence-corrected chi connectivity index (χ2v) is 5.64. The molecule has 1 N–H and O–H groups in total. The van der Waals surface area contributed by atoms with E-state index in [-0.39, 0.29) is 11.8 Å². The van der Waals surface area contributed by atoms with Crippen molar-refractivity contribution in [1.29, 1.82) is 0 Å². The van der Waals surface area contributed by atoms with Crippen LogP contribution < -0.4 is 5.32 Å². The molecule has 0 radical (unpaired) electrons. The van der Waals surface area contributed by atoms with Gasteiger partial charge in [-0.15, -0.1) is 11.3 Å². The maximum absolute atomic E-state index is 12.1. The highest BCUT2D eigenvalue weighted by Crippen LogP contribution is 2.29. The smallest absolute Gasteiger partial charge is 0.257 e. The van der Waals surface area contributed by atoms with E-state index in [1.165, 1.54) is 11.3 Å². The Morgan fingerprint density at radius 2 is 2.23 bits per heavy atom. The van der Waals surface area contributed by atoms with Crippen molar-refractivity contribution in [2.45, 2.75) is 12.3 Å². The molecule has 2 heterocycles. The van der Waals surface area contributed by atoms with Gasteiger partial charge in [0.2, 0.25) is 0 Å². The standard InChI is InChI=1S/C16H15N3O2S/c1-21-13-4-2-11(3-5-13)14-10-22-16(18-14)19-15(20)12-6-8-17-9-7-12/h2,4-11H,3H2,1H3,(H,18,19,20). The number of ether oxygens (including phenoxy) is 1. The first-order valence-corrected chi connectivity index (χ1v) is 7.73. The Morgan fingerprint density at radius 1 is 1.41 bits per heavy atom. The van der Waals surface area contributed by atoms with Gasteiger partial charge in [-0.1, -0.05) is 6.08 Å². The number of carbonyl (C=O) groups is 1. The van der Waals surface area contributed by atoms with Crippen LogP contribution in [0.4, 0.5) is 5.13 Å². The van der Waals surface area contributed by atoms with E-state index >= 15 is 0 Å².